The van der Waals surface area contributed by atoms with Crippen molar-refractivity contribution in [2.75, 3.05) is 14.1 Å². The van der Waals surface area contributed by atoms with Crippen LogP contribution in [-0.4, -0.2) is 35.6 Å². The third-order valence-corrected chi connectivity index (χ3v) is 7.72. The van der Waals surface area contributed by atoms with Gasteiger partial charge in [-0.2, -0.15) is 0 Å². The normalized spacial score (nSPS) is 20.5. The molecule has 1 aliphatic rings. The number of hydrogen-bond donors (Lipinski definition) is 2. The molecule has 0 amide bonds. The standard InChI is InChI=1S/C23H23ClN2O2S2/c1-26(2)14-15-4-3-5-17(12-15)19-13-23(19,22(27)28)25-30-21-11-10-20(29-21)16-6-8-18(24)9-7-16/h3-12,19,25H,13-14H2,1-2H3,(H,27,28). The van der Waals surface area contributed by atoms with E-state index in [1.165, 1.54) is 17.5 Å². The molecule has 1 heterocycles. The van der Waals surface area contributed by atoms with Crippen LogP contribution in [-0.2, 0) is 11.3 Å². The van der Waals surface area contributed by atoms with Crippen LogP contribution in [0.2, 0.25) is 5.02 Å². The Morgan fingerprint density at radius 2 is 2.00 bits per heavy atom. The first-order valence-corrected chi connectivity index (χ1v) is 11.7. The van der Waals surface area contributed by atoms with E-state index < -0.39 is 11.5 Å². The maximum atomic E-state index is 12.1. The molecule has 1 fully saturated rings. The molecule has 0 saturated heterocycles. The summed E-state index contributed by atoms with van der Waals surface area (Å²) < 4.78 is 4.30. The first-order chi connectivity index (χ1) is 14.4. The molecule has 30 heavy (non-hydrogen) atoms. The van der Waals surface area contributed by atoms with Gasteiger partial charge >= 0.3 is 5.97 Å². The molecule has 0 spiro atoms. The molecule has 7 heteroatoms. The molecule has 1 saturated carbocycles. The van der Waals surface area contributed by atoms with Gasteiger partial charge in [-0.15, -0.1) is 11.3 Å². The van der Waals surface area contributed by atoms with Crippen LogP contribution in [0.15, 0.2) is 64.9 Å². The lowest BCUT2D eigenvalue weighted by Gasteiger charge is -2.15. The van der Waals surface area contributed by atoms with E-state index in [9.17, 15) is 9.90 Å². The third-order valence-electron chi connectivity index (χ3n) is 5.24. The Morgan fingerprint density at radius 3 is 2.70 bits per heavy atom. The van der Waals surface area contributed by atoms with Crippen molar-refractivity contribution in [2.24, 2.45) is 0 Å². The van der Waals surface area contributed by atoms with Crippen LogP contribution in [0.1, 0.15) is 23.5 Å². The number of carboxylic acid groups (broad SMARTS) is 1. The van der Waals surface area contributed by atoms with E-state index in [2.05, 4.69) is 27.8 Å². The number of halogens is 1. The molecule has 0 radical (unpaired) electrons. The van der Waals surface area contributed by atoms with Crippen molar-refractivity contribution in [1.82, 2.24) is 9.62 Å². The Balaban J connectivity index is 1.46. The molecule has 2 atom stereocenters. The number of hydrogen-bond acceptors (Lipinski definition) is 5. The van der Waals surface area contributed by atoms with Gasteiger partial charge in [-0.3, -0.25) is 4.79 Å². The molecule has 3 aromatic rings. The minimum atomic E-state index is -0.925. The number of nitrogens with one attached hydrogen (secondary N) is 1. The second-order valence-corrected chi connectivity index (χ2v) is 10.5. The number of thiophene rings is 1. The summed E-state index contributed by atoms with van der Waals surface area (Å²) in [5, 5.41) is 10.7. The van der Waals surface area contributed by atoms with Gasteiger partial charge in [0.2, 0.25) is 0 Å². The van der Waals surface area contributed by atoms with Gasteiger partial charge in [-0.05, 0) is 73.4 Å². The van der Waals surface area contributed by atoms with Gasteiger partial charge in [0.15, 0.2) is 0 Å². The summed E-state index contributed by atoms with van der Waals surface area (Å²) in [5.74, 6) is -0.826. The average Bonchev–Trinajstić information content (AvgIpc) is 3.28. The number of rotatable bonds is 8. The van der Waals surface area contributed by atoms with Gasteiger partial charge in [0.05, 0.1) is 4.21 Å². The van der Waals surface area contributed by atoms with Crippen molar-refractivity contribution in [1.29, 1.82) is 0 Å². The predicted molar refractivity (Wildman–Crippen MR) is 125 cm³/mol. The maximum Gasteiger partial charge on any atom is 0.325 e. The molecule has 1 aromatic heterocycles. The number of nitrogens with zero attached hydrogens (tertiary/aromatic N) is 1. The number of carbonyl (C=O) groups is 1. The van der Waals surface area contributed by atoms with Crippen LogP contribution in [0.4, 0.5) is 0 Å². The molecule has 4 rings (SSSR count). The summed E-state index contributed by atoms with van der Waals surface area (Å²) >= 11 is 9.01. The van der Waals surface area contributed by atoms with Gasteiger partial charge in [-0.25, -0.2) is 4.72 Å². The van der Waals surface area contributed by atoms with E-state index in [0.717, 1.165) is 26.8 Å². The second-order valence-electron chi connectivity index (χ2n) is 7.85. The van der Waals surface area contributed by atoms with Crippen molar-refractivity contribution >= 4 is 40.9 Å². The zero-order valence-corrected chi connectivity index (χ0v) is 19.2. The Hall–Kier alpha value is -1.83. The van der Waals surface area contributed by atoms with Gasteiger partial charge in [0.1, 0.15) is 5.54 Å². The van der Waals surface area contributed by atoms with E-state index in [1.807, 2.05) is 56.6 Å². The number of carboxylic acids is 1. The van der Waals surface area contributed by atoms with Crippen molar-refractivity contribution in [2.45, 2.75) is 28.6 Å². The highest BCUT2D eigenvalue weighted by molar-refractivity contribution is 7.99. The largest absolute Gasteiger partial charge is 0.480 e. The Kier molecular flexibility index (Phi) is 6.23. The third kappa shape index (κ3) is 4.58. The molecule has 156 valence electrons. The summed E-state index contributed by atoms with van der Waals surface area (Å²) in [4.78, 5) is 15.4. The predicted octanol–water partition coefficient (Wildman–Crippen LogP) is 5.74. The van der Waals surface area contributed by atoms with Gasteiger partial charge in [0.25, 0.3) is 0 Å². The molecule has 2 N–H and O–H groups in total. The fourth-order valence-electron chi connectivity index (χ4n) is 3.62. The lowest BCUT2D eigenvalue weighted by molar-refractivity contribution is -0.140. The van der Waals surface area contributed by atoms with Crippen LogP contribution >= 0.6 is 34.9 Å². The number of aliphatic carboxylic acids is 1. The molecule has 2 unspecified atom stereocenters. The highest BCUT2D eigenvalue weighted by atomic mass is 35.5. The van der Waals surface area contributed by atoms with Crippen LogP contribution in [0.25, 0.3) is 10.4 Å². The Morgan fingerprint density at radius 1 is 1.23 bits per heavy atom. The Bertz CT molecular complexity index is 1050. The zero-order valence-electron chi connectivity index (χ0n) is 16.8. The summed E-state index contributed by atoms with van der Waals surface area (Å²) in [6.45, 7) is 0.839. The topological polar surface area (TPSA) is 52.6 Å². The molecular weight excluding hydrogens is 436 g/mol. The lowest BCUT2D eigenvalue weighted by Crippen LogP contribution is -2.36. The van der Waals surface area contributed by atoms with E-state index in [4.69, 9.17) is 11.6 Å². The van der Waals surface area contributed by atoms with E-state index in [0.29, 0.717) is 11.4 Å². The van der Waals surface area contributed by atoms with Gasteiger partial charge in [0, 0.05) is 22.4 Å². The minimum Gasteiger partial charge on any atom is -0.480 e. The van der Waals surface area contributed by atoms with Crippen molar-refractivity contribution < 1.29 is 9.90 Å². The first kappa shape index (κ1) is 21.4. The van der Waals surface area contributed by atoms with Crippen LogP contribution in [0.5, 0.6) is 0 Å². The molecule has 4 nitrogen and oxygen atoms in total. The second kappa shape index (κ2) is 8.73. The van der Waals surface area contributed by atoms with Crippen LogP contribution in [0, 0.1) is 0 Å². The highest BCUT2D eigenvalue weighted by Crippen LogP contribution is 2.53. The first-order valence-electron chi connectivity index (χ1n) is 9.64. The Labute approximate surface area is 190 Å². The smallest absolute Gasteiger partial charge is 0.325 e. The molecule has 1 aliphatic carbocycles. The van der Waals surface area contributed by atoms with Crippen molar-refractivity contribution in [3.63, 3.8) is 0 Å². The van der Waals surface area contributed by atoms with Crippen molar-refractivity contribution in [3.05, 3.63) is 76.8 Å². The summed E-state index contributed by atoms with van der Waals surface area (Å²) in [6.07, 6.45) is 0.593. The molecule has 0 aliphatic heterocycles. The fraction of sp³-hybridized carbons (Fsp3) is 0.261. The quantitative estimate of drug-likeness (QED) is 0.421. The summed E-state index contributed by atoms with van der Waals surface area (Å²) in [5.41, 5.74) is 2.46. The lowest BCUT2D eigenvalue weighted by atomic mass is 10.0. The minimum absolute atomic E-state index is 0.0275. The molecule has 2 aromatic carbocycles. The SMILES string of the molecule is CN(C)Cc1cccc(C2CC2(NSc2ccc(-c3ccc(Cl)cc3)s2)C(=O)O)c1. The molecular formula is C23H23ClN2O2S2. The van der Waals surface area contributed by atoms with E-state index >= 15 is 0 Å². The average molecular weight is 459 g/mol. The molecule has 0 bridgehead atoms. The highest BCUT2D eigenvalue weighted by Gasteiger charge is 2.61. The van der Waals surface area contributed by atoms with Crippen molar-refractivity contribution in [3.8, 4) is 10.4 Å². The van der Waals surface area contributed by atoms with Crippen LogP contribution < -0.4 is 4.72 Å². The fourth-order valence-corrected chi connectivity index (χ4v) is 5.78. The maximum absolute atomic E-state index is 12.1. The monoisotopic (exact) mass is 458 g/mol. The number of benzene rings is 2. The van der Waals surface area contributed by atoms with Crippen LogP contribution in [0.3, 0.4) is 0 Å². The zero-order chi connectivity index (χ0) is 21.3. The summed E-state index contributed by atoms with van der Waals surface area (Å²) in [7, 11) is 4.06. The van der Waals surface area contributed by atoms with E-state index in [1.54, 1.807) is 11.3 Å². The summed E-state index contributed by atoms with van der Waals surface area (Å²) in [6, 6.07) is 20.1. The van der Waals surface area contributed by atoms with Gasteiger partial charge < -0.3 is 10.0 Å². The van der Waals surface area contributed by atoms with Gasteiger partial charge in [-0.1, -0.05) is 48.0 Å². The van der Waals surface area contributed by atoms with E-state index in [-0.39, 0.29) is 5.92 Å².